The molecule has 2 amide bonds. The van der Waals surface area contributed by atoms with Crippen LogP contribution in [0.3, 0.4) is 0 Å². The van der Waals surface area contributed by atoms with Gasteiger partial charge in [-0.3, -0.25) is 9.59 Å². The van der Waals surface area contributed by atoms with Crippen molar-refractivity contribution < 1.29 is 22.8 Å². The summed E-state index contributed by atoms with van der Waals surface area (Å²) in [5, 5.41) is 6.10. The number of halogens is 3. The molecule has 1 aromatic heterocycles. The Kier molecular flexibility index (Phi) is 5.69. The summed E-state index contributed by atoms with van der Waals surface area (Å²) >= 11 is 0. The third-order valence-electron chi connectivity index (χ3n) is 3.75. The molecule has 0 atom stereocenters. The zero-order chi connectivity index (χ0) is 19.5. The lowest BCUT2D eigenvalue weighted by Gasteiger charge is -2.14. The van der Waals surface area contributed by atoms with Gasteiger partial charge in [0, 0.05) is 27.1 Å². The minimum Gasteiger partial charge on any atom is -0.351 e. The van der Waals surface area contributed by atoms with E-state index in [0.29, 0.717) is 5.56 Å². The molecule has 26 heavy (non-hydrogen) atoms. The lowest BCUT2D eigenvalue weighted by Crippen LogP contribution is -2.31. The van der Waals surface area contributed by atoms with E-state index >= 15 is 0 Å². The lowest BCUT2D eigenvalue weighted by molar-refractivity contribution is -0.143. The number of aromatic nitrogens is 2. The second-order valence-corrected chi connectivity index (χ2v) is 5.90. The van der Waals surface area contributed by atoms with Crippen molar-refractivity contribution >= 4 is 11.8 Å². The Balaban J connectivity index is 2.31. The van der Waals surface area contributed by atoms with Gasteiger partial charge >= 0.3 is 6.18 Å². The number of nitrogens with one attached hydrogen (secondary N) is 1. The van der Waals surface area contributed by atoms with Crippen LogP contribution in [0.15, 0.2) is 30.5 Å². The highest BCUT2D eigenvalue weighted by Crippen LogP contribution is 2.34. The van der Waals surface area contributed by atoms with Gasteiger partial charge in [0.2, 0.25) is 5.91 Å². The van der Waals surface area contributed by atoms with Crippen molar-refractivity contribution in [3.05, 3.63) is 47.3 Å². The molecule has 0 saturated carbocycles. The van der Waals surface area contributed by atoms with Crippen LogP contribution in [0.25, 0.3) is 5.69 Å². The van der Waals surface area contributed by atoms with Crippen LogP contribution in [0.5, 0.6) is 0 Å². The van der Waals surface area contributed by atoms with Crippen molar-refractivity contribution in [3.63, 3.8) is 0 Å². The van der Waals surface area contributed by atoms with E-state index in [1.165, 1.54) is 11.0 Å². The number of benzene rings is 1. The number of carbonyl (C=O) groups is 2. The maximum absolute atomic E-state index is 13.6. The smallest absolute Gasteiger partial charge is 0.351 e. The molecule has 0 unspecified atom stereocenters. The number of rotatable bonds is 5. The van der Waals surface area contributed by atoms with Gasteiger partial charge in [0.05, 0.1) is 17.4 Å². The fraction of sp³-hybridized carbons (Fsp3) is 0.353. The Hall–Kier alpha value is -2.84. The van der Waals surface area contributed by atoms with Crippen LogP contribution in [0.4, 0.5) is 13.2 Å². The monoisotopic (exact) mass is 368 g/mol. The summed E-state index contributed by atoms with van der Waals surface area (Å²) in [7, 11) is 3.11. The van der Waals surface area contributed by atoms with Crippen molar-refractivity contribution in [2.75, 3.05) is 20.6 Å². The average Bonchev–Trinajstić information content (AvgIpc) is 3.00. The predicted octanol–water partition coefficient (Wildman–Crippen LogP) is 2.41. The SMILES string of the molecule is Cc1ccccc1-n1ncc(C(=O)NCCC(=O)N(C)C)c1C(F)(F)F. The Morgan fingerprint density at radius 1 is 1.23 bits per heavy atom. The summed E-state index contributed by atoms with van der Waals surface area (Å²) in [6.07, 6.45) is -3.89. The third-order valence-corrected chi connectivity index (χ3v) is 3.75. The normalized spacial score (nSPS) is 11.3. The van der Waals surface area contributed by atoms with Gasteiger partial charge in [0.15, 0.2) is 5.69 Å². The van der Waals surface area contributed by atoms with Gasteiger partial charge in [-0.1, -0.05) is 18.2 Å². The van der Waals surface area contributed by atoms with E-state index in [1.54, 1.807) is 39.2 Å². The number of nitrogens with zero attached hydrogens (tertiary/aromatic N) is 3. The Morgan fingerprint density at radius 3 is 2.46 bits per heavy atom. The number of hydrogen-bond donors (Lipinski definition) is 1. The lowest BCUT2D eigenvalue weighted by atomic mass is 10.1. The molecule has 140 valence electrons. The van der Waals surface area contributed by atoms with E-state index in [-0.39, 0.29) is 24.6 Å². The average molecular weight is 368 g/mol. The van der Waals surface area contributed by atoms with Crippen molar-refractivity contribution in [3.8, 4) is 5.69 Å². The summed E-state index contributed by atoms with van der Waals surface area (Å²) in [6.45, 7) is 1.59. The van der Waals surface area contributed by atoms with Gasteiger partial charge in [-0.25, -0.2) is 4.68 Å². The van der Waals surface area contributed by atoms with E-state index < -0.39 is 23.3 Å². The standard InChI is InChI=1S/C17H19F3N4O2/c1-11-6-4-5-7-13(11)24-15(17(18,19)20)12(10-22-24)16(26)21-9-8-14(25)23(2)3/h4-7,10H,8-9H2,1-3H3,(H,21,26). The summed E-state index contributed by atoms with van der Waals surface area (Å²) in [5.74, 6) is -1.17. The number of hydrogen-bond acceptors (Lipinski definition) is 3. The van der Waals surface area contributed by atoms with E-state index in [2.05, 4.69) is 10.4 Å². The molecule has 0 aliphatic carbocycles. The van der Waals surface area contributed by atoms with Crippen molar-refractivity contribution in [1.29, 1.82) is 0 Å². The molecule has 0 fully saturated rings. The molecule has 0 spiro atoms. The minimum absolute atomic E-state index is 0.00791. The van der Waals surface area contributed by atoms with Gasteiger partial charge in [-0.05, 0) is 18.6 Å². The number of para-hydroxylation sites is 1. The van der Waals surface area contributed by atoms with E-state index in [0.717, 1.165) is 10.9 Å². The largest absolute Gasteiger partial charge is 0.434 e. The molecule has 1 N–H and O–H groups in total. The second-order valence-electron chi connectivity index (χ2n) is 5.90. The summed E-state index contributed by atoms with van der Waals surface area (Å²) in [4.78, 5) is 25.0. The van der Waals surface area contributed by atoms with Crippen molar-refractivity contribution in [1.82, 2.24) is 20.0 Å². The molecular formula is C17H19F3N4O2. The van der Waals surface area contributed by atoms with Gasteiger partial charge in [-0.15, -0.1) is 0 Å². The molecule has 2 rings (SSSR count). The number of carbonyl (C=O) groups excluding carboxylic acids is 2. The zero-order valence-electron chi connectivity index (χ0n) is 14.6. The van der Waals surface area contributed by atoms with Crippen LogP contribution in [-0.4, -0.2) is 47.1 Å². The molecule has 2 aromatic rings. The highest BCUT2D eigenvalue weighted by Gasteiger charge is 2.40. The summed E-state index contributed by atoms with van der Waals surface area (Å²) < 4.78 is 41.4. The van der Waals surface area contributed by atoms with E-state index in [4.69, 9.17) is 0 Å². The Labute approximate surface area is 148 Å². The van der Waals surface area contributed by atoms with Crippen LogP contribution >= 0.6 is 0 Å². The molecule has 0 aliphatic rings. The van der Waals surface area contributed by atoms with E-state index in [1.807, 2.05) is 0 Å². The number of amides is 2. The minimum atomic E-state index is -4.77. The second kappa shape index (κ2) is 7.59. The Bertz CT molecular complexity index is 813. The van der Waals surface area contributed by atoms with Crippen LogP contribution in [0.1, 0.15) is 28.0 Å². The van der Waals surface area contributed by atoms with Gasteiger partial charge in [-0.2, -0.15) is 18.3 Å². The molecule has 0 saturated heterocycles. The molecule has 1 heterocycles. The fourth-order valence-corrected chi connectivity index (χ4v) is 2.37. The van der Waals surface area contributed by atoms with Crippen LogP contribution in [-0.2, 0) is 11.0 Å². The Morgan fingerprint density at radius 2 is 1.88 bits per heavy atom. The number of aryl methyl sites for hydroxylation is 1. The molecule has 6 nitrogen and oxygen atoms in total. The molecule has 0 aliphatic heterocycles. The van der Waals surface area contributed by atoms with Crippen molar-refractivity contribution in [2.45, 2.75) is 19.5 Å². The quantitative estimate of drug-likeness (QED) is 0.881. The first-order valence-electron chi connectivity index (χ1n) is 7.82. The van der Waals surface area contributed by atoms with Crippen LogP contribution in [0, 0.1) is 6.92 Å². The van der Waals surface area contributed by atoms with Crippen molar-refractivity contribution in [2.24, 2.45) is 0 Å². The maximum atomic E-state index is 13.6. The summed E-state index contributed by atoms with van der Waals surface area (Å²) in [5.41, 5.74) is -0.910. The van der Waals surface area contributed by atoms with E-state index in [9.17, 15) is 22.8 Å². The molecule has 0 radical (unpaired) electrons. The van der Waals surface area contributed by atoms with Crippen LogP contribution < -0.4 is 5.32 Å². The first-order valence-corrected chi connectivity index (χ1v) is 7.82. The van der Waals surface area contributed by atoms with Gasteiger partial charge < -0.3 is 10.2 Å². The highest BCUT2D eigenvalue weighted by molar-refractivity contribution is 5.95. The fourth-order valence-electron chi connectivity index (χ4n) is 2.37. The first kappa shape index (κ1) is 19.5. The molecule has 9 heteroatoms. The molecule has 0 bridgehead atoms. The topological polar surface area (TPSA) is 67.2 Å². The first-order chi connectivity index (χ1) is 12.1. The zero-order valence-corrected chi connectivity index (χ0v) is 14.6. The van der Waals surface area contributed by atoms with Gasteiger partial charge in [0.1, 0.15) is 0 Å². The maximum Gasteiger partial charge on any atom is 0.434 e. The molecular weight excluding hydrogens is 349 g/mol. The highest BCUT2D eigenvalue weighted by atomic mass is 19.4. The van der Waals surface area contributed by atoms with Crippen LogP contribution in [0.2, 0.25) is 0 Å². The predicted molar refractivity (Wildman–Crippen MR) is 88.9 cm³/mol. The third kappa shape index (κ3) is 4.22. The number of alkyl halides is 3. The van der Waals surface area contributed by atoms with Gasteiger partial charge in [0.25, 0.3) is 5.91 Å². The molecule has 1 aromatic carbocycles. The summed E-state index contributed by atoms with van der Waals surface area (Å²) in [6, 6.07) is 6.44.